The molecule has 3 aromatic rings. The minimum Gasteiger partial charge on any atom is -0.467 e. The molecule has 0 amide bonds. The molecule has 4 heteroatoms. The number of aryl methyl sites for hydroxylation is 2. The summed E-state index contributed by atoms with van der Waals surface area (Å²) in [6, 6.07) is 10.3. The van der Waals surface area contributed by atoms with Crippen LogP contribution in [0, 0.1) is 6.92 Å². The van der Waals surface area contributed by atoms with Gasteiger partial charge in [0.15, 0.2) is 0 Å². The zero-order valence-electron chi connectivity index (χ0n) is 11.6. The van der Waals surface area contributed by atoms with Crippen molar-refractivity contribution in [2.75, 3.05) is 5.88 Å². The molecule has 0 aliphatic carbocycles. The maximum Gasteiger partial charge on any atom is 0.126 e. The zero-order valence-corrected chi connectivity index (χ0v) is 12.4. The van der Waals surface area contributed by atoms with E-state index in [4.69, 9.17) is 21.0 Å². The Labute approximate surface area is 123 Å². The van der Waals surface area contributed by atoms with Crippen molar-refractivity contribution in [2.24, 2.45) is 0 Å². The fourth-order valence-corrected chi connectivity index (χ4v) is 2.77. The summed E-state index contributed by atoms with van der Waals surface area (Å²) >= 11 is 5.92. The molecule has 0 aliphatic rings. The molecule has 104 valence electrons. The molecule has 0 saturated carbocycles. The molecule has 3 nitrogen and oxygen atoms in total. The fourth-order valence-electron chi connectivity index (χ4n) is 2.60. The maximum atomic E-state index is 5.92. The fraction of sp³-hybridized carbons (Fsp3) is 0.312. The molecule has 0 spiro atoms. The number of benzene rings is 1. The molecule has 1 atom stereocenters. The Morgan fingerprint density at radius 1 is 1.35 bits per heavy atom. The molecule has 0 bridgehead atoms. The smallest absolute Gasteiger partial charge is 0.126 e. The number of nitrogens with zero attached hydrogens (tertiary/aromatic N) is 2. The molecule has 0 fully saturated rings. The van der Waals surface area contributed by atoms with Gasteiger partial charge in [-0.1, -0.05) is 6.07 Å². The van der Waals surface area contributed by atoms with Crippen molar-refractivity contribution in [2.45, 2.75) is 26.3 Å². The molecule has 0 N–H and O–H groups in total. The van der Waals surface area contributed by atoms with Gasteiger partial charge in [-0.25, -0.2) is 4.98 Å². The van der Waals surface area contributed by atoms with Crippen LogP contribution in [0.1, 0.15) is 30.1 Å². The van der Waals surface area contributed by atoms with Gasteiger partial charge in [0, 0.05) is 12.3 Å². The molecule has 0 radical (unpaired) electrons. The SMILES string of the molecule is Cc1ccc2nc(CCCl)n(C(C)c3ccco3)c2c1. The summed E-state index contributed by atoms with van der Waals surface area (Å²) in [6.07, 6.45) is 2.46. The van der Waals surface area contributed by atoms with Gasteiger partial charge in [-0.3, -0.25) is 0 Å². The molecular weight excluding hydrogens is 272 g/mol. The molecular formula is C16H17ClN2O. The first-order valence-corrected chi connectivity index (χ1v) is 7.31. The normalized spacial score (nSPS) is 12.9. The molecule has 1 aromatic carbocycles. The summed E-state index contributed by atoms with van der Waals surface area (Å²) in [6.45, 7) is 4.22. The highest BCUT2D eigenvalue weighted by atomic mass is 35.5. The van der Waals surface area contributed by atoms with E-state index >= 15 is 0 Å². The summed E-state index contributed by atoms with van der Waals surface area (Å²) < 4.78 is 7.78. The lowest BCUT2D eigenvalue weighted by molar-refractivity contribution is 0.445. The highest BCUT2D eigenvalue weighted by Crippen LogP contribution is 2.27. The average Bonchev–Trinajstić information content (AvgIpc) is 3.05. The van der Waals surface area contributed by atoms with E-state index < -0.39 is 0 Å². The number of furan rings is 1. The molecule has 2 heterocycles. The number of fused-ring (bicyclic) bond motifs is 1. The van der Waals surface area contributed by atoms with Gasteiger partial charge in [0.05, 0.1) is 23.3 Å². The summed E-state index contributed by atoms with van der Waals surface area (Å²) in [5.74, 6) is 2.50. The molecule has 3 rings (SSSR count). The van der Waals surface area contributed by atoms with Crippen LogP contribution in [-0.4, -0.2) is 15.4 Å². The van der Waals surface area contributed by atoms with Crippen LogP contribution in [0.25, 0.3) is 11.0 Å². The van der Waals surface area contributed by atoms with E-state index in [1.165, 1.54) is 5.56 Å². The van der Waals surface area contributed by atoms with Crippen LogP contribution in [0.5, 0.6) is 0 Å². The maximum absolute atomic E-state index is 5.92. The van der Waals surface area contributed by atoms with Crippen LogP contribution in [0.4, 0.5) is 0 Å². The lowest BCUT2D eigenvalue weighted by Gasteiger charge is -2.15. The molecule has 0 aliphatic heterocycles. The van der Waals surface area contributed by atoms with Gasteiger partial charge in [0.2, 0.25) is 0 Å². The monoisotopic (exact) mass is 288 g/mol. The quantitative estimate of drug-likeness (QED) is 0.669. The molecule has 1 unspecified atom stereocenters. The van der Waals surface area contributed by atoms with Crippen molar-refractivity contribution >= 4 is 22.6 Å². The minimum atomic E-state index is 0.106. The van der Waals surface area contributed by atoms with Crippen LogP contribution in [0.15, 0.2) is 41.0 Å². The zero-order chi connectivity index (χ0) is 14.1. The van der Waals surface area contributed by atoms with E-state index in [1.807, 2.05) is 12.1 Å². The standard InChI is InChI=1S/C16H17ClN2O/c1-11-5-6-13-14(10-11)19(16(18-13)7-8-17)12(2)15-4-3-9-20-15/h3-6,9-10,12H,7-8H2,1-2H3. The minimum absolute atomic E-state index is 0.106. The van der Waals surface area contributed by atoms with E-state index in [2.05, 4.69) is 36.6 Å². The predicted molar refractivity (Wildman–Crippen MR) is 81.4 cm³/mol. The van der Waals surface area contributed by atoms with Crippen molar-refractivity contribution < 1.29 is 4.42 Å². The van der Waals surface area contributed by atoms with Crippen molar-refractivity contribution in [3.63, 3.8) is 0 Å². The van der Waals surface area contributed by atoms with Crippen molar-refractivity contribution in [3.05, 3.63) is 53.7 Å². The Balaban J connectivity index is 2.19. The average molecular weight is 289 g/mol. The first-order valence-electron chi connectivity index (χ1n) is 6.77. The number of hydrogen-bond acceptors (Lipinski definition) is 2. The van der Waals surface area contributed by atoms with Crippen molar-refractivity contribution in [1.82, 2.24) is 9.55 Å². The molecule has 20 heavy (non-hydrogen) atoms. The largest absolute Gasteiger partial charge is 0.467 e. The van der Waals surface area contributed by atoms with Gasteiger partial charge in [-0.2, -0.15) is 0 Å². The van der Waals surface area contributed by atoms with Crippen LogP contribution in [-0.2, 0) is 6.42 Å². The summed E-state index contributed by atoms with van der Waals surface area (Å²) in [5.41, 5.74) is 3.37. The summed E-state index contributed by atoms with van der Waals surface area (Å²) in [5, 5.41) is 0. The topological polar surface area (TPSA) is 31.0 Å². The van der Waals surface area contributed by atoms with Gasteiger partial charge in [-0.15, -0.1) is 11.6 Å². The number of alkyl halides is 1. The molecule has 0 saturated heterocycles. The van der Waals surface area contributed by atoms with E-state index in [0.29, 0.717) is 5.88 Å². The Kier molecular flexibility index (Phi) is 3.53. The van der Waals surface area contributed by atoms with E-state index in [1.54, 1.807) is 6.26 Å². The Hall–Kier alpha value is -1.74. The van der Waals surface area contributed by atoms with Crippen LogP contribution in [0.3, 0.4) is 0 Å². The Morgan fingerprint density at radius 3 is 2.90 bits per heavy atom. The number of hydrogen-bond donors (Lipinski definition) is 0. The van der Waals surface area contributed by atoms with Gasteiger partial charge < -0.3 is 8.98 Å². The number of rotatable bonds is 4. The van der Waals surface area contributed by atoms with Crippen LogP contribution in [0.2, 0.25) is 0 Å². The van der Waals surface area contributed by atoms with Crippen molar-refractivity contribution in [1.29, 1.82) is 0 Å². The summed E-state index contributed by atoms with van der Waals surface area (Å²) in [4.78, 5) is 4.71. The predicted octanol–water partition coefficient (Wildman–Crippen LogP) is 4.33. The van der Waals surface area contributed by atoms with Crippen LogP contribution >= 0.6 is 11.6 Å². The van der Waals surface area contributed by atoms with Crippen molar-refractivity contribution in [3.8, 4) is 0 Å². The van der Waals surface area contributed by atoms with E-state index in [9.17, 15) is 0 Å². The number of halogens is 1. The third-order valence-electron chi connectivity index (χ3n) is 3.58. The number of aromatic nitrogens is 2. The first kappa shape index (κ1) is 13.3. The third-order valence-corrected chi connectivity index (χ3v) is 3.77. The Bertz CT molecular complexity index is 715. The first-order chi connectivity index (χ1) is 9.70. The van der Waals surface area contributed by atoms with Gasteiger partial charge in [0.25, 0.3) is 0 Å². The lowest BCUT2D eigenvalue weighted by Crippen LogP contribution is -2.10. The highest BCUT2D eigenvalue weighted by Gasteiger charge is 2.18. The van der Waals surface area contributed by atoms with Gasteiger partial charge in [-0.05, 0) is 43.7 Å². The molecule has 2 aromatic heterocycles. The van der Waals surface area contributed by atoms with Crippen LogP contribution < -0.4 is 0 Å². The van der Waals surface area contributed by atoms with Gasteiger partial charge in [0.1, 0.15) is 11.6 Å². The lowest BCUT2D eigenvalue weighted by atomic mass is 10.2. The summed E-state index contributed by atoms with van der Waals surface area (Å²) in [7, 11) is 0. The Morgan fingerprint density at radius 2 is 2.20 bits per heavy atom. The second-order valence-corrected chi connectivity index (χ2v) is 5.40. The highest BCUT2D eigenvalue weighted by molar-refractivity contribution is 6.17. The van der Waals surface area contributed by atoms with E-state index in [-0.39, 0.29) is 6.04 Å². The third kappa shape index (κ3) is 2.22. The second-order valence-electron chi connectivity index (χ2n) is 5.02. The second kappa shape index (κ2) is 5.33. The number of imidazole rings is 1. The van der Waals surface area contributed by atoms with Gasteiger partial charge >= 0.3 is 0 Å². The van der Waals surface area contributed by atoms with E-state index in [0.717, 1.165) is 29.0 Å².